The number of fused-ring (bicyclic) bond motifs is 1. The second-order valence-corrected chi connectivity index (χ2v) is 7.51. The van der Waals surface area contributed by atoms with Crippen LogP contribution in [0.5, 0.6) is 0 Å². The van der Waals surface area contributed by atoms with Crippen molar-refractivity contribution in [1.82, 2.24) is 19.9 Å². The number of aromatic nitrogens is 3. The number of carbonyl (C=O) groups is 1. The smallest absolute Gasteiger partial charge is 0.353 e. The van der Waals surface area contributed by atoms with Crippen molar-refractivity contribution in [2.45, 2.75) is 37.9 Å². The number of alkyl halides is 3. The van der Waals surface area contributed by atoms with Crippen LogP contribution in [0.1, 0.15) is 35.4 Å². The van der Waals surface area contributed by atoms with Gasteiger partial charge in [-0.15, -0.1) is 11.3 Å². The van der Waals surface area contributed by atoms with Gasteiger partial charge in [-0.05, 0) is 30.5 Å². The Bertz CT molecular complexity index is 1080. The quantitative estimate of drug-likeness (QED) is 0.704. The molecule has 10 heteroatoms. The van der Waals surface area contributed by atoms with Crippen molar-refractivity contribution in [3.05, 3.63) is 62.5 Å². The molecule has 0 bridgehead atoms. The topological polar surface area (TPSA) is 76.4 Å². The maximum atomic E-state index is 12.7. The highest BCUT2D eigenvalue weighted by atomic mass is 32.1. The Hall–Kier alpha value is -2.75. The van der Waals surface area contributed by atoms with Gasteiger partial charge < -0.3 is 5.32 Å². The van der Waals surface area contributed by atoms with E-state index in [1.54, 1.807) is 5.38 Å². The van der Waals surface area contributed by atoms with Crippen molar-refractivity contribution in [3.8, 4) is 0 Å². The minimum absolute atomic E-state index is 0.0521. The fourth-order valence-corrected chi connectivity index (χ4v) is 3.56. The van der Waals surface area contributed by atoms with Gasteiger partial charge in [0.2, 0.25) is 10.9 Å². The van der Waals surface area contributed by atoms with E-state index in [4.69, 9.17) is 0 Å². The summed E-state index contributed by atoms with van der Waals surface area (Å²) in [5.41, 5.74) is -0.0477. The third-order valence-electron chi connectivity index (χ3n) is 4.36. The maximum absolute atomic E-state index is 12.7. The Morgan fingerprint density at radius 3 is 2.61 bits per heavy atom. The largest absolute Gasteiger partial charge is 0.416 e. The third-order valence-corrected chi connectivity index (χ3v) is 5.22. The Kier molecular flexibility index (Phi) is 4.66. The first kappa shape index (κ1) is 18.6. The number of halogens is 3. The molecule has 6 nitrogen and oxygen atoms in total. The lowest BCUT2D eigenvalue weighted by Gasteiger charge is -2.07. The summed E-state index contributed by atoms with van der Waals surface area (Å²) in [6.07, 6.45) is -2.27. The average Bonchev–Trinajstić information content (AvgIpc) is 3.36. The maximum Gasteiger partial charge on any atom is 0.416 e. The van der Waals surface area contributed by atoms with E-state index in [1.165, 1.54) is 28.0 Å². The van der Waals surface area contributed by atoms with Crippen LogP contribution in [0.3, 0.4) is 0 Å². The minimum atomic E-state index is -4.41. The second-order valence-electron chi connectivity index (χ2n) is 6.68. The van der Waals surface area contributed by atoms with Gasteiger partial charge >= 0.3 is 6.18 Å². The van der Waals surface area contributed by atoms with Crippen LogP contribution in [0.15, 0.2) is 34.4 Å². The number of rotatable bonds is 5. The zero-order valence-electron chi connectivity index (χ0n) is 14.5. The van der Waals surface area contributed by atoms with Crippen molar-refractivity contribution < 1.29 is 18.0 Å². The van der Waals surface area contributed by atoms with Crippen LogP contribution in [0.4, 0.5) is 13.2 Å². The molecule has 1 N–H and O–H groups in total. The molecule has 1 aliphatic carbocycles. The molecule has 1 fully saturated rings. The highest BCUT2D eigenvalue weighted by Crippen LogP contribution is 2.29. The second kappa shape index (κ2) is 7.01. The number of nitrogens with zero attached hydrogens (tertiary/aromatic N) is 3. The van der Waals surface area contributed by atoms with Crippen LogP contribution in [-0.2, 0) is 23.8 Å². The summed E-state index contributed by atoms with van der Waals surface area (Å²) in [5, 5.41) is 8.91. The molecule has 1 aliphatic rings. The monoisotopic (exact) mass is 408 g/mol. The number of amides is 1. The van der Waals surface area contributed by atoms with E-state index in [1.807, 2.05) is 0 Å². The van der Waals surface area contributed by atoms with Gasteiger partial charge in [0, 0.05) is 17.8 Å². The van der Waals surface area contributed by atoms with E-state index in [9.17, 15) is 22.8 Å². The lowest BCUT2D eigenvalue weighted by Crippen LogP contribution is -2.28. The molecule has 1 aromatic carbocycles. The minimum Gasteiger partial charge on any atom is -0.353 e. The first-order valence-electron chi connectivity index (χ1n) is 8.61. The Morgan fingerprint density at radius 1 is 1.25 bits per heavy atom. The van der Waals surface area contributed by atoms with Gasteiger partial charge in [0.15, 0.2) is 0 Å². The Balaban J connectivity index is 1.58. The summed E-state index contributed by atoms with van der Waals surface area (Å²) in [5.74, 6) is -0.119. The van der Waals surface area contributed by atoms with Gasteiger partial charge in [-0.3, -0.25) is 9.59 Å². The van der Waals surface area contributed by atoms with Gasteiger partial charge in [-0.2, -0.15) is 23.3 Å². The molecule has 1 saturated carbocycles. The van der Waals surface area contributed by atoms with E-state index in [0.29, 0.717) is 16.2 Å². The van der Waals surface area contributed by atoms with Crippen molar-refractivity contribution in [3.63, 3.8) is 0 Å². The highest BCUT2D eigenvalue weighted by molar-refractivity contribution is 7.15. The van der Waals surface area contributed by atoms with Gasteiger partial charge in [0.1, 0.15) is 5.69 Å². The van der Waals surface area contributed by atoms with Crippen LogP contribution < -0.4 is 10.9 Å². The lowest BCUT2D eigenvalue weighted by molar-refractivity contribution is -0.137. The Labute approximate surface area is 161 Å². The predicted octanol–water partition coefficient (Wildman–Crippen LogP) is 2.58. The molecule has 4 rings (SSSR count). The van der Waals surface area contributed by atoms with Gasteiger partial charge in [0.25, 0.3) is 5.56 Å². The van der Waals surface area contributed by atoms with E-state index < -0.39 is 17.3 Å². The number of carbonyl (C=O) groups excluding carboxylic acids is 1. The SMILES string of the molecule is O=C(Cc1csc2nc(=O)c(Cc3ccc(C(F)(F)F)cc3)nn12)NC1CC1. The van der Waals surface area contributed by atoms with Gasteiger partial charge in [0.05, 0.1) is 17.7 Å². The third kappa shape index (κ3) is 4.06. The number of nitrogens with one attached hydrogen (secondary N) is 1. The zero-order chi connectivity index (χ0) is 19.9. The molecular weight excluding hydrogens is 393 g/mol. The molecule has 0 saturated heterocycles. The van der Waals surface area contributed by atoms with E-state index in [2.05, 4.69) is 15.4 Å². The summed E-state index contributed by atoms with van der Waals surface area (Å²) in [7, 11) is 0. The number of hydrogen-bond donors (Lipinski definition) is 1. The highest BCUT2D eigenvalue weighted by Gasteiger charge is 2.30. The molecule has 28 heavy (non-hydrogen) atoms. The van der Waals surface area contributed by atoms with Crippen molar-refractivity contribution in [2.24, 2.45) is 0 Å². The summed E-state index contributed by atoms with van der Waals surface area (Å²) in [4.78, 5) is 28.6. The Morgan fingerprint density at radius 2 is 1.96 bits per heavy atom. The van der Waals surface area contributed by atoms with Crippen LogP contribution >= 0.6 is 11.3 Å². The van der Waals surface area contributed by atoms with Crippen LogP contribution in [-0.4, -0.2) is 26.5 Å². The lowest BCUT2D eigenvalue weighted by atomic mass is 10.1. The molecule has 0 atom stereocenters. The van der Waals surface area contributed by atoms with Crippen LogP contribution in [0.2, 0.25) is 0 Å². The van der Waals surface area contributed by atoms with Crippen LogP contribution in [0.25, 0.3) is 4.96 Å². The predicted molar refractivity (Wildman–Crippen MR) is 96.3 cm³/mol. The van der Waals surface area contributed by atoms with E-state index in [-0.39, 0.29) is 30.5 Å². The van der Waals surface area contributed by atoms with Crippen LogP contribution in [0, 0.1) is 0 Å². The normalized spacial score (nSPS) is 14.4. The molecular formula is C18H15F3N4O2S. The first-order valence-corrected chi connectivity index (χ1v) is 9.49. The zero-order valence-corrected chi connectivity index (χ0v) is 15.3. The molecule has 2 heterocycles. The summed E-state index contributed by atoms with van der Waals surface area (Å²) < 4.78 is 39.5. The number of benzene rings is 1. The van der Waals surface area contributed by atoms with Gasteiger partial charge in [-0.25, -0.2) is 4.52 Å². The molecule has 2 aromatic heterocycles. The molecule has 0 spiro atoms. The summed E-state index contributed by atoms with van der Waals surface area (Å²) in [6.45, 7) is 0. The molecule has 3 aromatic rings. The van der Waals surface area contributed by atoms with Gasteiger partial charge in [-0.1, -0.05) is 12.1 Å². The fraction of sp³-hybridized carbons (Fsp3) is 0.333. The standard InChI is InChI=1S/C18H15F3N4O2S/c19-18(20,21)11-3-1-10(2-4-11)7-14-16(27)23-17-25(24-14)13(9-28-17)8-15(26)22-12-5-6-12/h1-4,9,12H,5-8H2,(H,22,26). The fourth-order valence-electron chi connectivity index (χ4n) is 2.74. The average molecular weight is 408 g/mol. The summed E-state index contributed by atoms with van der Waals surface area (Å²) >= 11 is 1.21. The molecule has 1 amide bonds. The van der Waals surface area contributed by atoms with E-state index in [0.717, 1.165) is 25.0 Å². The van der Waals surface area contributed by atoms with Crippen molar-refractivity contribution in [1.29, 1.82) is 0 Å². The first-order chi connectivity index (χ1) is 13.3. The molecule has 0 unspecified atom stereocenters. The molecule has 0 aliphatic heterocycles. The van der Waals surface area contributed by atoms with Crippen molar-refractivity contribution >= 4 is 22.2 Å². The number of thiazole rings is 1. The number of hydrogen-bond acceptors (Lipinski definition) is 5. The molecule has 0 radical (unpaired) electrons. The summed E-state index contributed by atoms with van der Waals surface area (Å²) in [6, 6.07) is 4.82. The molecule has 146 valence electrons. The van der Waals surface area contributed by atoms with Crippen molar-refractivity contribution in [2.75, 3.05) is 0 Å². The van der Waals surface area contributed by atoms with E-state index >= 15 is 0 Å².